The molecule has 0 aliphatic carbocycles. The first-order valence-electron chi connectivity index (χ1n) is 7.12. The van der Waals surface area contributed by atoms with Gasteiger partial charge in [0, 0.05) is 10.9 Å². The van der Waals surface area contributed by atoms with Crippen LogP contribution in [0.2, 0.25) is 0 Å². The standard InChI is InChI=1S/C19H17NO/c1-2-21-19-10-6-4-8-16(19)12-14-17-13-11-15-7-3-5-9-18(15)20-17/h3-14H,2H2,1H3. The number of pyridine rings is 1. The van der Waals surface area contributed by atoms with E-state index in [4.69, 9.17) is 4.74 Å². The maximum atomic E-state index is 5.62. The molecule has 0 saturated heterocycles. The van der Waals surface area contributed by atoms with E-state index in [2.05, 4.69) is 17.1 Å². The van der Waals surface area contributed by atoms with E-state index in [1.165, 1.54) is 0 Å². The molecular formula is C19H17NO. The number of benzene rings is 2. The third-order valence-corrected chi connectivity index (χ3v) is 3.27. The maximum absolute atomic E-state index is 5.62. The van der Waals surface area contributed by atoms with Crippen molar-refractivity contribution in [2.24, 2.45) is 0 Å². The molecule has 2 heteroatoms. The highest BCUT2D eigenvalue weighted by Crippen LogP contribution is 2.21. The van der Waals surface area contributed by atoms with Gasteiger partial charge in [0.25, 0.3) is 0 Å². The summed E-state index contributed by atoms with van der Waals surface area (Å²) in [7, 11) is 0. The molecule has 0 amide bonds. The number of nitrogens with zero attached hydrogens (tertiary/aromatic N) is 1. The zero-order chi connectivity index (χ0) is 14.5. The summed E-state index contributed by atoms with van der Waals surface area (Å²) in [6.07, 6.45) is 4.06. The van der Waals surface area contributed by atoms with Crippen LogP contribution in [0.1, 0.15) is 18.2 Å². The fraction of sp³-hybridized carbons (Fsp3) is 0.105. The summed E-state index contributed by atoms with van der Waals surface area (Å²) in [5.41, 5.74) is 3.02. The summed E-state index contributed by atoms with van der Waals surface area (Å²) in [4.78, 5) is 4.64. The van der Waals surface area contributed by atoms with Gasteiger partial charge in [0.05, 0.1) is 17.8 Å². The number of fused-ring (bicyclic) bond motifs is 1. The first-order valence-corrected chi connectivity index (χ1v) is 7.12. The molecule has 0 bridgehead atoms. The minimum Gasteiger partial charge on any atom is -0.493 e. The Kier molecular flexibility index (Phi) is 3.97. The Morgan fingerprint density at radius 2 is 1.71 bits per heavy atom. The van der Waals surface area contributed by atoms with Crippen LogP contribution < -0.4 is 4.74 Å². The average Bonchev–Trinajstić information content (AvgIpc) is 2.54. The van der Waals surface area contributed by atoms with Crippen molar-refractivity contribution < 1.29 is 4.74 Å². The van der Waals surface area contributed by atoms with Gasteiger partial charge in [-0.1, -0.05) is 42.5 Å². The van der Waals surface area contributed by atoms with Crippen molar-refractivity contribution in [3.63, 3.8) is 0 Å². The van der Waals surface area contributed by atoms with Crippen LogP contribution >= 0.6 is 0 Å². The zero-order valence-corrected chi connectivity index (χ0v) is 12.0. The lowest BCUT2D eigenvalue weighted by Gasteiger charge is -2.06. The van der Waals surface area contributed by atoms with Gasteiger partial charge in [0.1, 0.15) is 5.75 Å². The molecule has 1 heterocycles. The lowest BCUT2D eigenvalue weighted by molar-refractivity contribution is 0.339. The maximum Gasteiger partial charge on any atom is 0.126 e. The molecule has 0 aliphatic rings. The minimum absolute atomic E-state index is 0.666. The van der Waals surface area contributed by atoms with E-state index in [1.54, 1.807) is 0 Å². The third kappa shape index (κ3) is 3.11. The van der Waals surface area contributed by atoms with E-state index < -0.39 is 0 Å². The third-order valence-electron chi connectivity index (χ3n) is 3.27. The fourth-order valence-corrected chi connectivity index (χ4v) is 2.25. The van der Waals surface area contributed by atoms with Crippen LogP contribution in [-0.4, -0.2) is 11.6 Å². The van der Waals surface area contributed by atoms with Crippen LogP contribution in [0, 0.1) is 0 Å². The van der Waals surface area contributed by atoms with Crippen molar-refractivity contribution in [3.8, 4) is 5.75 Å². The fourth-order valence-electron chi connectivity index (χ4n) is 2.25. The molecule has 0 unspecified atom stereocenters. The molecule has 0 N–H and O–H groups in total. The molecule has 2 aromatic carbocycles. The molecule has 3 aromatic rings. The number of rotatable bonds is 4. The summed E-state index contributed by atoms with van der Waals surface area (Å²) < 4.78 is 5.62. The van der Waals surface area contributed by atoms with Gasteiger partial charge in [0.15, 0.2) is 0 Å². The second-order valence-corrected chi connectivity index (χ2v) is 4.73. The number of aromatic nitrogens is 1. The van der Waals surface area contributed by atoms with Gasteiger partial charge in [-0.05, 0) is 37.3 Å². The quantitative estimate of drug-likeness (QED) is 0.682. The average molecular weight is 275 g/mol. The van der Waals surface area contributed by atoms with Gasteiger partial charge in [-0.3, -0.25) is 0 Å². The van der Waals surface area contributed by atoms with E-state index in [1.807, 2.05) is 67.6 Å². The lowest BCUT2D eigenvalue weighted by Crippen LogP contribution is -1.93. The number of para-hydroxylation sites is 2. The first kappa shape index (κ1) is 13.4. The second kappa shape index (κ2) is 6.23. The SMILES string of the molecule is CCOc1ccccc1C=Cc1ccc2ccccc2n1. The highest BCUT2D eigenvalue weighted by atomic mass is 16.5. The smallest absolute Gasteiger partial charge is 0.126 e. The second-order valence-electron chi connectivity index (χ2n) is 4.73. The van der Waals surface area contributed by atoms with Crippen molar-refractivity contribution in [2.75, 3.05) is 6.61 Å². The normalized spacial score (nSPS) is 11.1. The Morgan fingerprint density at radius 1 is 0.905 bits per heavy atom. The van der Waals surface area contributed by atoms with E-state index in [9.17, 15) is 0 Å². The Labute approximate surface area is 124 Å². The summed E-state index contributed by atoms with van der Waals surface area (Å²) in [5.74, 6) is 0.900. The molecule has 0 atom stereocenters. The highest BCUT2D eigenvalue weighted by Gasteiger charge is 1.99. The minimum atomic E-state index is 0.666. The Bertz CT molecular complexity index is 777. The van der Waals surface area contributed by atoms with Gasteiger partial charge in [-0.2, -0.15) is 0 Å². The van der Waals surface area contributed by atoms with Crippen molar-refractivity contribution in [1.29, 1.82) is 0 Å². The van der Waals surface area contributed by atoms with E-state index in [0.717, 1.165) is 27.9 Å². The van der Waals surface area contributed by atoms with Crippen LogP contribution in [-0.2, 0) is 0 Å². The van der Waals surface area contributed by atoms with Gasteiger partial charge in [-0.15, -0.1) is 0 Å². The molecule has 0 saturated carbocycles. The number of hydrogen-bond acceptors (Lipinski definition) is 2. The Balaban J connectivity index is 1.90. The largest absolute Gasteiger partial charge is 0.493 e. The molecule has 21 heavy (non-hydrogen) atoms. The van der Waals surface area contributed by atoms with Crippen molar-refractivity contribution in [3.05, 3.63) is 71.9 Å². The Morgan fingerprint density at radius 3 is 2.62 bits per heavy atom. The lowest BCUT2D eigenvalue weighted by atomic mass is 10.1. The molecule has 104 valence electrons. The molecule has 2 nitrogen and oxygen atoms in total. The van der Waals surface area contributed by atoms with Gasteiger partial charge in [-0.25, -0.2) is 4.98 Å². The predicted octanol–water partition coefficient (Wildman–Crippen LogP) is 4.80. The van der Waals surface area contributed by atoms with Gasteiger partial charge >= 0.3 is 0 Å². The van der Waals surface area contributed by atoms with E-state index in [0.29, 0.717) is 6.61 Å². The highest BCUT2D eigenvalue weighted by molar-refractivity contribution is 5.81. The molecular weight excluding hydrogens is 258 g/mol. The van der Waals surface area contributed by atoms with Crippen LogP contribution in [0.15, 0.2) is 60.7 Å². The van der Waals surface area contributed by atoms with E-state index in [-0.39, 0.29) is 0 Å². The zero-order valence-electron chi connectivity index (χ0n) is 12.0. The number of ether oxygens (including phenoxy) is 1. The topological polar surface area (TPSA) is 22.1 Å². The van der Waals surface area contributed by atoms with Crippen LogP contribution in [0.3, 0.4) is 0 Å². The van der Waals surface area contributed by atoms with Gasteiger partial charge in [0.2, 0.25) is 0 Å². The van der Waals surface area contributed by atoms with E-state index >= 15 is 0 Å². The molecule has 0 fully saturated rings. The summed E-state index contributed by atoms with van der Waals surface area (Å²) in [6, 6.07) is 20.3. The summed E-state index contributed by atoms with van der Waals surface area (Å²) in [5, 5.41) is 1.16. The summed E-state index contributed by atoms with van der Waals surface area (Å²) >= 11 is 0. The van der Waals surface area contributed by atoms with Crippen molar-refractivity contribution in [1.82, 2.24) is 4.98 Å². The Hall–Kier alpha value is -2.61. The van der Waals surface area contributed by atoms with Crippen LogP contribution in [0.5, 0.6) is 5.75 Å². The predicted molar refractivity (Wildman–Crippen MR) is 88.3 cm³/mol. The molecule has 0 aliphatic heterocycles. The van der Waals surface area contributed by atoms with Gasteiger partial charge < -0.3 is 4.74 Å². The molecule has 0 spiro atoms. The van der Waals surface area contributed by atoms with Crippen LogP contribution in [0.4, 0.5) is 0 Å². The molecule has 3 rings (SSSR count). The molecule has 1 aromatic heterocycles. The first-order chi connectivity index (χ1) is 10.4. The van der Waals surface area contributed by atoms with Crippen LogP contribution in [0.25, 0.3) is 23.1 Å². The van der Waals surface area contributed by atoms with Crippen molar-refractivity contribution in [2.45, 2.75) is 6.92 Å². The van der Waals surface area contributed by atoms with Crippen molar-refractivity contribution >= 4 is 23.1 Å². The summed E-state index contributed by atoms with van der Waals surface area (Å²) in [6.45, 7) is 2.66. The monoisotopic (exact) mass is 275 g/mol. The molecule has 0 radical (unpaired) electrons. The number of hydrogen-bond donors (Lipinski definition) is 0.